The van der Waals surface area contributed by atoms with Gasteiger partial charge in [-0.1, -0.05) is 50.4 Å². The average molecular weight is 431 g/mol. The highest BCUT2D eigenvalue weighted by molar-refractivity contribution is 8.13. The molecule has 1 aromatic carbocycles. The molecule has 164 valence electrons. The van der Waals surface area contributed by atoms with Gasteiger partial charge in [-0.2, -0.15) is 0 Å². The fourth-order valence-electron chi connectivity index (χ4n) is 4.26. The quantitative estimate of drug-likeness (QED) is 0.501. The number of anilines is 1. The molecule has 1 aliphatic rings. The van der Waals surface area contributed by atoms with Crippen LogP contribution >= 0.6 is 11.8 Å². The maximum atomic E-state index is 13.0. The smallest absolute Gasteiger partial charge is 0.243 e. The molecule has 6 nitrogen and oxygen atoms in total. The Bertz CT molecular complexity index is 790. The van der Waals surface area contributed by atoms with Crippen molar-refractivity contribution in [3.05, 3.63) is 43.1 Å². The SMILES string of the molecule is C=CN=C(NC(=O)C1CCCN1C(C)(C)CC(C)(C)C(=O)Nc1ccccc1)SC. The number of likely N-dealkylation sites (tertiary alicyclic amines) is 1. The van der Waals surface area contributed by atoms with Crippen LogP contribution in [0.2, 0.25) is 0 Å². The minimum Gasteiger partial charge on any atom is -0.326 e. The third kappa shape index (κ3) is 6.19. The molecular weight excluding hydrogens is 396 g/mol. The number of benzene rings is 1. The molecule has 0 bridgehead atoms. The van der Waals surface area contributed by atoms with Gasteiger partial charge < -0.3 is 10.6 Å². The van der Waals surface area contributed by atoms with E-state index in [1.807, 2.05) is 50.4 Å². The summed E-state index contributed by atoms with van der Waals surface area (Å²) in [4.78, 5) is 32.2. The molecular formula is C23H34N4O2S. The monoisotopic (exact) mass is 430 g/mol. The lowest BCUT2D eigenvalue weighted by Gasteiger charge is -2.43. The van der Waals surface area contributed by atoms with Gasteiger partial charge >= 0.3 is 0 Å². The lowest BCUT2D eigenvalue weighted by atomic mass is 9.78. The topological polar surface area (TPSA) is 73.8 Å². The Labute approximate surface area is 184 Å². The molecule has 2 rings (SSSR count). The van der Waals surface area contributed by atoms with Gasteiger partial charge in [0, 0.05) is 22.8 Å². The maximum Gasteiger partial charge on any atom is 0.243 e. The Kier molecular flexibility index (Phi) is 8.26. The molecule has 1 unspecified atom stereocenters. The van der Waals surface area contributed by atoms with E-state index < -0.39 is 5.41 Å². The average Bonchev–Trinajstić information content (AvgIpc) is 3.18. The second kappa shape index (κ2) is 10.3. The summed E-state index contributed by atoms with van der Waals surface area (Å²) in [6.07, 6.45) is 5.66. The number of thioether (sulfide) groups is 1. The van der Waals surface area contributed by atoms with E-state index in [1.165, 1.54) is 18.0 Å². The Morgan fingerprint density at radius 1 is 1.27 bits per heavy atom. The van der Waals surface area contributed by atoms with Gasteiger partial charge in [0.15, 0.2) is 5.17 Å². The molecule has 30 heavy (non-hydrogen) atoms. The lowest BCUT2D eigenvalue weighted by Crippen LogP contribution is -2.55. The number of rotatable bonds is 7. The van der Waals surface area contributed by atoms with E-state index in [-0.39, 0.29) is 23.4 Å². The van der Waals surface area contributed by atoms with E-state index in [2.05, 4.69) is 41.0 Å². The van der Waals surface area contributed by atoms with E-state index in [1.54, 1.807) is 0 Å². The molecule has 2 amide bonds. The Morgan fingerprint density at radius 2 is 1.93 bits per heavy atom. The highest BCUT2D eigenvalue weighted by Gasteiger charge is 2.44. The summed E-state index contributed by atoms with van der Waals surface area (Å²) in [7, 11) is 0. The second-order valence-corrected chi connectivity index (χ2v) is 9.65. The van der Waals surface area contributed by atoms with Crippen LogP contribution in [0.25, 0.3) is 0 Å². The number of amides is 2. The van der Waals surface area contributed by atoms with Crippen LogP contribution < -0.4 is 10.6 Å². The number of carbonyl (C=O) groups is 2. The van der Waals surface area contributed by atoms with Crippen molar-refractivity contribution >= 4 is 34.4 Å². The number of para-hydroxylation sites is 1. The summed E-state index contributed by atoms with van der Waals surface area (Å²) in [6, 6.07) is 9.25. The zero-order valence-electron chi connectivity index (χ0n) is 18.7. The minimum absolute atomic E-state index is 0.0234. The molecule has 1 heterocycles. The first kappa shape index (κ1) is 24.2. The summed E-state index contributed by atoms with van der Waals surface area (Å²) in [6.45, 7) is 12.6. The van der Waals surface area contributed by atoms with Crippen molar-refractivity contribution in [2.45, 2.75) is 58.5 Å². The number of hydrogen-bond acceptors (Lipinski definition) is 5. The summed E-state index contributed by atoms with van der Waals surface area (Å²) in [5.74, 6) is -0.0770. The van der Waals surface area contributed by atoms with Crippen molar-refractivity contribution in [1.82, 2.24) is 10.2 Å². The third-order valence-electron chi connectivity index (χ3n) is 5.49. The Morgan fingerprint density at radius 3 is 2.53 bits per heavy atom. The number of carbonyl (C=O) groups excluding carboxylic acids is 2. The van der Waals surface area contributed by atoms with Crippen LogP contribution in [0, 0.1) is 5.41 Å². The van der Waals surface area contributed by atoms with Crippen molar-refractivity contribution < 1.29 is 9.59 Å². The van der Waals surface area contributed by atoms with Crippen molar-refractivity contribution in [3.63, 3.8) is 0 Å². The minimum atomic E-state index is -0.600. The van der Waals surface area contributed by atoms with Gasteiger partial charge in [-0.25, -0.2) is 4.99 Å². The number of amidine groups is 1. The van der Waals surface area contributed by atoms with Crippen LogP contribution in [-0.4, -0.2) is 46.3 Å². The van der Waals surface area contributed by atoms with Gasteiger partial charge in [0.25, 0.3) is 0 Å². The molecule has 1 saturated heterocycles. The van der Waals surface area contributed by atoms with Crippen molar-refractivity contribution in [3.8, 4) is 0 Å². The van der Waals surface area contributed by atoms with Crippen molar-refractivity contribution in [2.24, 2.45) is 10.4 Å². The van der Waals surface area contributed by atoms with Crippen LogP contribution in [0.15, 0.2) is 48.1 Å². The molecule has 0 saturated carbocycles. The summed E-state index contributed by atoms with van der Waals surface area (Å²) >= 11 is 1.38. The maximum absolute atomic E-state index is 13.0. The number of hydrogen-bond donors (Lipinski definition) is 2. The van der Waals surface area contributed by atoms with Gasteiger partial charge in [-0.05, 0) is 58.0 Å². The first-order valence-electron chi connectivity index (χ1n) is 10.3. The molecule has 0 aliphatic carbocycles. The number of nitrogens with one attached hydrogen (secondary N) is 2. The second-order valence-electron chi connectivity index (χ2n) is 8.85. The standard InChI is InChI=1S/C23H34N4O2S/c1-7-24-21(30-6)26-19(28)18-14-11-15-27(18)23(4,5)16-22(2,3)20(29)25-17-12-9-8-10-13-17/h7-10,12-13,18H,1,11,14-16H2,2-6H3,(H,25,29)(H,24,26,28). The zero-order chi connectivity index (χ0) is 22.4. The zero-order valence-corrected chi connectivity index (χ0v) is 19.5. The van der Waals surface area contributed by atoms with Gasteiger partial charge in [0.2, 0.25) is 11.8 Å². The van der Waals surface area contributed by atoms with Gasteiger partial charge in [0.05, 0.1) is 6.04 Å². The van der Waals surface area contributed by atoms with E-state index in [9.17, 15) is 9.59 Å². The predicted octanol–water partition coefficient (Wildman–Crippen LogP) is 4.26. The highest BCUT2D eigenvalue weighted by atomic mass is 32.2. The predicted molar refractivity (Wildman–Crippen MR) is 127 cm³/mol. The fraction of sp³-hybridized carbons (Fsp3) is 0.522. The van der Waals surface area contributed by atoms with Crippen LogP contribution in [-0.2, 0) is 9.59 Å². The van der Waals surface area contributed by atoms with Crippen LogP contribution in [0.3, 0.4) is 0 Å². The fourth-order valence-corrected chi connectivity index (χ4v) is 4.64. The van der Waals surface area contributed by atoms with E-state index in [4.69, 9.17) is 0 Å². The molecule has 1 aliphatic heterocycles. The van der Waals surface area contributed by atoms with Gasteiger partial charge in [0.1, 0.15) is 0 Å². The Balaban J connectivity index is 2.10. The molecule has 1 fully saturated rings. The molecule has 0 aromatic heterocycles. The van der Waals surface area contributed by atoms with Gasteiger partial charge in [-0.15, -0.1) is 0 Å². The van der Waals surface area contributed by atoms with Crippen molar-refractivity contribution in [2.75, 3.05) is 18.1 Å². The number of nitrogens with zero attached hydrogens (tertiary/aromatic N) is 2. The highest BCUT2D eigenvalue weighted by Crippen LogP contribution is 2.37. The molecule has 1 atom stereocenters. The molecule has 0 spiro atoms. The third-order valence-corrected chi connectivity index (χ3v) is 6.08. The van der Waals surface area contributed by atoms with Gasteiger partial charge in [-0.3, -0.25) is 14.5 Å². The normalized spacial score (nSPS) is 18.2. The van der Waals surface area contributed by atoms with E-state index >= 15 is 0 Å². The molecule has 0 radical (unpaired) electrons. The summed E-state index contributed by atoms with van der Waals surface area (Å²) in [5.41, 5.74) is -0.138. The lowest BCUT2D eigenvalue weighted by molar-refractivity contribution is -0.128. The Hall–Kier alpha value is -2.12. The van der Waals surface area contributed by atoms with E-state index in [0.29, 0.717) is 11.6 Å². The molecule has 2 N–H and O–H groups in total. The first-order valence-corrected chi connectivity index (χ1v) is 11.5. The largest absolute Gasteiger partial charge is 0.326 e. The first-order chi connectivity index (χ1) is 14.1. The van der Waals surface area contributed by atoms with Crippen LogP contribution in [0.4, 0.5) is 5.69 Å². The molecule has 7 heteroatoms. The van der Waals surface area contributed by atoms with Crippen molar-refractivity contribution in [1.29, 1.82) is 0 Å². The van der Waals surface area contributed by atoms with Crippen LogP contribution in [0.5, 0.6) is 0 Å². The van der Waals surface area contributed by atoms with Crippen LogP contribution in [0.1, 0.15) is 47.0 Å². The number of aliphatic imine (C=N–C) groups is 1. The van der Waals surface area contributed by atoms with E-state index in [0.717, 1.165) is 25.1 Å². The summed E-state index contributed by atoms with van der Waals surface area (Å²) < 4.78 is 0. The summed E-state index contributed by atoms with van der Waals surface area (Å²) in [5, 5.41) is 6.47. The molecule has 1 aromatic rings.